The molecule has 2 saturated heterocycles. The number of aromatic nitrogens is 1. The van der Waals surface area contributed by atoms with Gasteiger partial charge in [0.25, 0.3) is 0 Å². The lowest BCUT2D eigenvalue weighted by Crippen LogP contribution is -2.48. The van der Waals surface area contributed by atoms with Gasteiger partial charge in [0.05, 0.1) is 17.6 Å². The third-order valence-electron chi connectivity index (χ3n) is 8.33. The average Bonchev–Trinajstić information content (AvgIpc) is 3.04. The first-order valence-electron chi connectivity index (χ1n) is 16.1. The van der Waals surface area contributed by atoms with Gasteiger partial charge < -0.3 is 20.3 Å². The van der Waals surface area contributed by atoms with Crippen LogP contribution < -0.4 is 15.4 Å². The molecule has 0 aliphatic carbocycles. The van der Waals surface area contributed by atoms with Crippen molar-refractivity contribution in [1.82, 2.24) is 30.3 Å². The summed E-state index contributed by atoms with van der Waals surface area (Å²) < 4.78 is 43.3. The van der Waals surface area contributed by atoms with E-state index in [9.17, 15) is 17.6 Å². The zero-order chi connectivity index (χ0) is 34.7. The number of rotatable bonds is 12. The quantitative estimate of drug-likeness (QED) is 0.192. The first kappa shape index (κ1) is 37.2. The van der Waals surface area contributed by atoms with Crippen LogP contribution in [0.15, 0.2) is 52.3 Å². The Balaban J connectivity index is 1.43. The summed E-state index contributed by atoms with van der Waals surface area (Å²) in [5.74, 6) is 1.44. The molecule has 0 bridgehead atoms. The number of benzene rings is 1. The maximum atomic E-state index is 14.3. The number of amides is 2. The van der Waals surface area contributed by atoms with Gasteiger partial charge in [0, 0.05) is 69.2 Å². The highest BCUT2D eigenvalue weighted by atomic mass is 35.5. The fourth-order valence-corrected chi connectivity index (χ4v) is 6.64. The summed E-state index contributed by atoms with van der Waals surface area (Å²) in [6.45, 7) is 12.2. The largest absolute Gasteiger partial charge is 0.442 e. The highest BCUT2D eigenvalue weighted by molar-refractivity contribution is 7.90. The number of carbonyl (C=O) groups is 1. The number of allylic oxidation sites excluding steroid dienone is 1. The van der Waals surface area contributed by atoms with Crippen LogP contribution in [0.2, 0.25) is 5.02 Å². The third-order valence-corrected chi connectivity index (χ3v) is 9.57. The van der Waals surface area contributed by atoms with Crippen molar-refractivity contribution in [3.8, 4) is 17.1 Å². The Labute approximate surface area is 288 Å². The van der Waals surface area contributed by atoms with Crippen LogP contribution in [0.5, 0.6) is 5.88 Å². The minimum Gasteiger partial charge on any atom is -0.442 e. The van der Waals surface area contributed by atoms with Gasteiger partial charge in [0.1, 0.15) is 21.4 Å². The Hall–Kier alpha value is -3.59. The summed E-state index contributed by atoms with van der Waals surface area (Å²) in [4.78, 5) is 31.5. The molecule has 15 heteroatoms. The number of pyridine rings is 1. The lowest BCUT2D eigenvalue weighted by molar-refractivity contribution is 0.175. The summed E-state index contributed by atoms with van der Waals surface area (Å²) in [7, 11) is -1.36. The molecule has 48 heavy (non-hydrogen) atoms. The van der Waals surface area contributed by atoms with Gasteiger partial charge in [0.15, 0.2) is 0 Å². The van der Waals surface area contributed by atoms with Crippen molar-refractivity contribution < 1.29 is 22.3 Å². The second kappa shape index (κ2) is 17.7. The molecule has 2 amide bonds. The first-order valence-corrected chi connectivity index (χ1v) is 18.5. The molecule has 12 nitrogen and oxygen atoms in total. The Morgan fingerprint density at radius 2 is 1.85 bits per heavy atom. The number of sulfone groups is 1. The number of halogens is 2. The zero-order valence-electron chi connectivity index (χ0n) is 27.9. The van der Waals surface area contributed by atoms with E-state index in [1.165, 1.54) is 18.4 Å². The van der Waals surface area contributed by atoms with E-state index in [4.69, 9.17) is 16.3 Å². The van der Waals surface area contributed by atoms with Crippen molar-refractivity contribution >= 4 is 40.1 Å². The van der Waals surface area contributed by atoms with Crippen molar-refractivity contribution in [3.63, 3.8) is 0 Å². The van der Waals surface area contributed by atoms with Crippen molar-refractivity contribution in [3.05, 3.63) is 58.7 Å². The number of ether oxygens (including phenoxy) is 1. The summed E-state index contributed by atoms with van der Waals surface area (Å²) in [6.07, 6.45) is 5.37. The van der Waals surface area contributed by atoms with Crippen LogP contribution in [0.25, 0.3) is 11.3 Å². The van der Waals surface area contributed by atoms with Gasteiger partial charge in [-0.1, -0.05) is 11.6 Å². The zero-order valence-corrected chi connectivity index (χ0v) is 29.5. The number of nitrogens with zero attached hydrogens (tertiary/aromatic N) is 6. The van der Waals surface area contributed by atoms with E-state index < -0.39 is 15.7 Å². The van der Waals surface area contributed by atoms with E-state index in [-0.39, 0.29) is 16.8 Å². The highest BCUT2D eigenvalue weighted by Gasteiger charge is 2.21. The normalized spacial score (nSPS) is 17.3. The molecule has 2 aliphatic heterocycles. The first-order chi connectivity index (χ1) is 22.9. The van der Waals surface area contributed by atoms with Gasteiger partial charge >= 0.3 is 6.03 Å². The molecule has 0 atom stereocenters. The van der Waals surface area contributed by atoms with Crippen LogP contribution in [0.3, 0.4) is 0 Å². The van der Waals surface area contributed by atoms with Gasteiger partial charge in [-0.25, -0.2) is 32.6 Å². The van der Waals surface area contributed by atoms with Gasteiger partial charge in [-0.2, -0.15) is 0 Å². The Morgan fingerprint density at radius 1 is 1.12 bits per heavy atom. The van der Waals surface area contributed by atoms with Gasteiger partial charge in [-0.15, -0.1) is 0 Å². The SMILES string of the molecule is C=NC(=N/C=C(\C)Oc1cc(CN2CCC(CNC(=O)NC)CC2)cc(-c2cc(F)cc(Cl)c2)n1)N1CCN(CCCS(C)(=O)=O)CC1. The van der Waals surface area contributed by atoms with Crippen molar-refractivity contribution in [2.24, 2.45) is 15.9 Å². The molecule has 2 fully saturated rings. The molecule has 0 spiro atoms. The molecule has 1 aromatic heterocycles. The Bertz CT molecular complexity index is 1570. The number of piperidine rings is 1. The van der Waals surface area contributed by atoms with E-state index >= 15 is 0 Å². The number of piperazine rings is 1. The predicted octanol–water partition coefficient (Wildman–Crippen LogP) is 4.03. The van der Waals surface area contributed by atoms with Crippen LogP contribution in [-0.2, 0) is 16.4 Å². The van der Waals surface area contributed by atoms with E-state index in [1.807, 2.05) is 17.0 Å². The van der Waals surface area contributed by atoms with Gasteiger partial charge in [0.2, 0.25) is 11.8 Å². The topological polar surface area (TPSA) is 132 Å². The standard InChI is InChI=1S/C33H46ClFN8O4S/c1-24(21-38-32(36-2)43-13-11-41(12-14-43)8-5-15-48(4,45)46)47-31-17-26(16-30(40-31)27-18-28(34)20-29(35)19-27)23-42-9-6-25(7-10-42)22-39-33(44)37-3/h16-21,25H,2,5-15,22-23H2,1,3-4H3,(H2,37,39,44)/b24-21+,38-32?. The van der Waals surface area contributed by atoms with E-state index in [2.05, 4.69) is 42.1 Å². The Kier molecular flexibility index (Phi) is 13.7. The van der Waals surface area contributed by atoms with Gasteiger partial charge in [-0.3, -0.25) is 9.80 Å². The molecule has 1 aromatic carbocycles. The number of hydrogen-bond acceptors (Lipinski definition) is 8. The molecule has 2 N–H and O–H groups in total. The average molecular weight is 705 g/mol. The van der Waals surface area contributed by atoms with E-state index in [0.29, 0.717) is 67.4 Å². The summed E-state index contributed by atoms with van der Waals surface area (Å²) in [5, 5.41) is 5.76. The second-order valence-electron chi connectivity index (χ2n) is 12.3. The van der Waals surface area contributed by atoms with Crippen LogP contribution in [-0.4, -0.2) is 118 Å². The van der Waals surface area contributed by atoms with Crippen LogP contribution in [0.1, 0.15) is 31.7 Å². The van der Waals surface area contributed by atoms with E-state index in [1.54, 1.807) is 26.2 Å². The predicted molar refractivity (Wildman–Crippen MR) is 189 cm³/mol. The summed E-state index contributed by atoms with van der Waals surface area (Å²) in [5.41, 5.74) is 2.03. The van der Waals surface area contributed by atoms with E-state index in [0.717, 1.165) is 51.1 Å². The number of carbonyl (C=O) groups excluding carboxylic acids is 1. The molecule has 2 aromatic rings. The van der Waals surface area contributed by atoms with Crippen LogP contribution >= 0.6 is 11.6 Å². The molecule has 0 saturated carbocycles. The maximum Gasteiger partial charge on any atom is 0.314 e. The third kappa shape index (κ3) is 12.1. The number of urea groups is 1. The monoisotopic (exact) mass is 704 g/mol. The molecular formula is C33H46ClFN8O4S. The van der Waals surface area contributed by atoms with Crippen molar-refractivity contribution in [1.29, 1.82) is 0 Å². The highest BCUT2D eigenvalue weighted by Crippen LogP contribution is 2.28. The smallest absolute Gasteiger partial charge is 0.314 e. The maximum absolute atomic E-state index is 14.3. The van der Waals surface area contributed by atoms with Gasteiger partial charge in [-0.05, 0) is 88.3 Å². The number of hydrogen-bond donors (Lipinski definition) is 2. The van der Waals surface area contributed by atoms with Crippen LogP contribution in [0, 0.1) is 11.7 Å². The minimum absolute atomic E-state index is 0.169. The molecule has 3 heterocycles. The van der Waals surface area contributed by atoms with Crippen molar-refractivity contribution in [2.75, 3.05) is 71.4 Å². The Morgan fingerprint density at radius 3 is 2.50 bits per heavy atom. The lowest BCUT2D eigenvalue weighted by atomic mass is 9.96. The summed E-state index contributed by atoms with van der Waals surface area (Å²) >= 11 is 6.18. The number of aliphatic imine (C=N–C) groups is 2. The number of likely N-dealkylation sites (tertiary alicyclic amines) is 1. The number of guanidine groups is 1. The molecule has 0 radical (unpaired) electrons. The fourth-order valence-electron chi connectivity index (χ4n) is 5.77. The molecule has 2 aliphatic rings. The summed E-state index contributed by atoms with van der Waals surface area (Å²) in [6, 6.07) is 7.95. The lowest BCUT2D eigenvalue weighted by Gasteiger charge is -2.35. The second-order valence-corrected chi connectivity index (χ2v) is 15.0. The van der Waals surface area contributed by atoms with Crippen molar-refractivity contribution in [2.45, 2.75) is 32.7 Å². The number of nitrogens with one attached hydrogen (secondary N) is 2. The molecule has 4 rings (SSSR count). The molecule has 0 unspecified atom stereocenters. The fraction of sp³-hybridized carbons (Fsp3) is 0.515. The molecule has 262 valence electrons. The van der Waals surface area contributed by atoms with Crippen LogP contribution in [0.4, 0.5) is 9.18 Å². The molecular weight excluding hydrogens is 659 g/mol. The minimum atomic E-state index is -2.96.